The first kappa shape index (κ1) is 12.6. The molecule has 0 radical (unpaired) electrons. The van der Waals surface area contributed by atoms with Gasteiger partial charge in [0.15, 0.2) is 0 Å². The summed E-state index contributed by atoms with van der Waals surface area (Å²) < 4.78 is 25.7. The Morgan fingerprint density at radius 3 is 2.28 bits per heavy atom. The van der Waals surface area contributed by atoms with E-state index in [4.69, 9.17) is 0 Å². The molecular formula is C13H14N2O2S. The van der Waals surface area contributed by atoms with Crippen LogP contribution in [0, 0.1) is 0 Å². The highest BCUT2D eigenvalue weighted by Crippen LogP contribution is 2.17. The molecule has 1 heterocycles. The average molecular weight is 262 g/mol. The summed E-state index contributed by atoms with van der Waals surface area (Å²) in [6, 6.07) is 12.4. The zero-order chi connectivity index (χ0) is 13.0. The van der Waals surface area contributed by atoms with Gasteiger partial charge in [0.1, 0.15) is 0 Å². The number of benzene rings is 1. The molecule has 5 heteroatoms. The summed E-state index contributed by atoms with van der Waals surface area (Å²) in [4.78, 5) is 3.87. The lowest BCUT2D eigenvalue weighted by atomic mass is 10.3. The van der Waals surface area contributed by atoms with Crippen molar-refractivity contribution in [1.82, 2.24) is 4.98 Å². The van der Waals surface area contributed by atoms with Crippen LogP contribution in [0.15, 0.2) is 54.9 Å². The Morgan fingerprint density at radius 1 is 1.06 bits per heavy atom. The van der Waals surface area contributed by atoms with Crippen molar-refractivity contribution >= 4 is 15.7 Å². The third-order valence-corrected chi connectivity index (χ3v) is 4.38. The zero-order valence-corrected chi connectivity index (χ0v) is 10.8. The van der Waals surface area contributed by atoms with Crippen LogP contribution in [0.4, 0.5) is 5.69 Å². The van der Waals surface area contributed by atoms with Crippen molar-refractivity contribution in [3.05, 3.63) is 60.4 Å². The molecule has 0 bridgehead atoms. The lowest BCUT2D eigenvalue weighted by molar-refractivity contribution is 0.593. The van der Waals surface area contributed by atoms with Crippen LogP contribution in [0.5, 0.6) is 0 Å². The van der Waals surface area contributed by atoms with Gasteiger partial charge in [-0.1, -0.05) is 18.2 Å². The summed E-state index contributed by atoms with van der Waals surface area (Å²) in [6.45, 7) is 0. The highest BCUT2D eigenvalue weighted by Gasteiger charge is 2.18. The molecule has 0 atom stereocenters. The number of rotatable bonds is 4. The molecule has 0 amide bonds. The molecule has 0 aliphatic rings. The number of anilines is 1. The molecule has 1 aromatic carbocycles. The maximum absolute atomic E-state index is 12.2. The van der Waals surface area contributed by atoms with E-state index >= 15 is 0 Å². The van der Waals surface area contributed by atoms with Crippen LogP contribution in [0.3, 0.4) is 0 Å². The first-order valence-electron chi connectivity index (χ1n) is 5.50. The monoisotopic (exact) mass is 262 g/mol. The van der Waals surface area contributed by atoms with E-state index in [0.717, 1.165) is 5.56 Å². The van der Waals surface area contributed by atoms with E-state index in [9.17, 15) is 8.42 Å². The Hall–Kier alpha value is -1.88. The zero-order valence-electron chi connectivity index (χ0n) is 10.0. The van der Waals surface area contributed by atoms with E-state index in [-0.39, 0.29) is 5.75 Å². The molecule has 0 unspecified atom stereocenters. The number of sulfonamides is 1. The van der Waals surface area contributed by atoms with Crippen molar-refractivity contribution in [2.75, 3.05) is 11.4 Å². The minimum atomic E-state index is -3.36. The van der Waals surface area contributed by atoms with Gasteiger partial charge in [-0.3, -0.25) is 9.29 Å². The highest BCUT2D eigenvalue weighted by molar-refractivity contribution is 7.92. The molecule has 18 heavy (non-hydrogen) atoms. The van der Waals surface area contributed by atoms with Gasteiger partial charge in [0, 0.05) is 19.4 Å². The predicted octanol–water partition coefficient (Wildman–Crippen LogP) is 2.05. The molecule has 0 saturated heterocycles. The van der Waals surface area contributed by atoms with E-state index in [1.165, 1.54) is 4.31 Å². The molecule has 0 spiro atoms. The second-order valence-corrected chi connectivity index (χ2v) is 5.91. The van der Waals surface area contributed by atoms with Crippen molar-refractivity contribution in [2.45, 2.75) is 5.75 Å². The van der Waals surface area contributed by atoms with Crippen LogP contribution >= 0.6 is 0 Å². The molecule has 1 aromatic heterocycles. The molecule has 2 rings (SSSR count). The maximum Gasteiger partial charge on any atom is 0.239 e. The van der Waals surface area contributed by atoms with Gasteiger partial charge in [0.2, 0.25) is 10.0 Å². The first-order chi connectivity index (χ1) is 8.59. The standard InChI is InChI=1S/C13H14N2O2S/c1-15(13-5-3-2-4-6-13)18(16,17)11-12-7-9-14-10-8-12/h2-10H,11H2,1H3. The van der Waals surface area contributed by atoms with Gasteiger partial charge in [-0.2, -0.15) is 0 Å². The van der Waals surface area contributed by atoms with Crippen molar-refractivity contribution in [1.29, 1.82) is 0 Å². The van der Waals surface area contributed by atoms with Gasteiger partial charge in [0.05, 0.1) is 11.4 Å². The third-order valence-electron chi connectivity index (χ3n) is 2.64. The second-order valence-electron chi connectivity index (χ2n) is 3.91. The molecule has 0 fully saturated rings. The summed E-state index contributed by atoms with van der Waals surface area (Å²) >= 11 is 0. The molecule has 94 valence electrons. The number of hydrogen-bond acceptors (Lipinski definition) is 3. The Bertz CT molecular complexity index is 597. The van der Waals surface area contributed by atoms with E-state index in [1.807, 2.05) is 18.2 Å². The summed E-state index contributed by atoms with van der Waals surface area (Å²) in [5.74, 6) is -0.0269. The SMILES string of the molecule is CN(c1ccccc1)S(=O)(=O)Cc1ccncc1. The van der Waals surface area contributed by atoms with Gasteiger partial charge >= 0.3 is 0 Å². The molecule has 0 aliphatic heterocycles. The molecule has 0 aliphatic carbocycles. The van der Waals surface area contributed by atoms with Gasteiger partial charge in [-0.15, -0.1) is 0 Å². The lowest BCUT2D eigenvalue weighted by Gasteiger charge is -2.19. The van der Waals surface area contributed by atoms with Crippen LogP contribution < -0.4 is 4.31 Å². The van der Waals surface area contributed by atoms with Crippen molar-refractivity contribution in [2.24, 2.45) is 0 Å². The normalized spacial score (nSPS) is 11.2. The molecule has 0 N–H and O–H groups in total. The average Bonchev–Trinajstić information content (AvgIpc) is 2.39. The van der Waals surface area contributed by atoms with E-state index in [2.05, 4.69) is 4.98 Å². The van der Waals surface area contributed by atoms with Crippen LogP contribution in [-0.2, 0) is 15.8 Å². The summed E-state index contributed by atoms with van der Waals surface area (Å²) in [6.07, 6.45) is 3.18. The predicted molar refractivity (Wildman–Crippen MR) is 71.7 cm³/mol. The Balaban J connectivity index is 2.22. The second kappa shape index (κ2) is 5.18. The molecule has 2 aromatic rings. The van der Waals surface area contributed by atoms with Crippen LogP contribution in [0.25, 0.3) is 0 Å². The van der Waals surface area contributed by atoms with Gasteiger partial charge in [0.25, 0.3) is 0 Å². The lowest BCUT2D eigenvalue weighted by Crippen LogP contribution is -2.27. The van der Waals surface area contributed by atoms with Crippen LogP contribution in [0.1, 0.15) is 5.56 Å². The fraction of sp³-hybridized carbons (Fsp3) is 0.154. The Morgan fingerprint density at radius 2 is 1.67 bits per heavy atom. The minimum absolute atomic E-state index is 0.0269. The summed E-state index contributed by atoms with van der Waals surface area (Å²) in [5.41, 5.74) is 1.39. The number of pyridine rings is 1. The van der Waals surface area contributed by atoms with Crippen molar-refractivity contribution in [3.8, 4) is 0 Å². The fourth-order valence-corrected chi connectivity index (χ4v) is 2.84. The smallest absolute Gasteiger partial charge is 0.239 e. The molecular weight excluding hydrogens is 248 g/mol. The number of nitrogens with zero attached hydrogens (tertiary/aromatic N) is 2. The first-order valence-corrected chi connectivity index (χ1v) is 7.11. The highest BCUT2D eigenvalue weighted by atomic mass is 32.2. The summed E-state index contributed by atoms with van der Waals surface area (Å²) in [5, 5.41) is 0. The van der Waals surface area contributed by atoms with Crippen molar-refractivity contribution in [3.63, 3.8) is 0 Å². The largest absolute Gasteiger partial charge is 0.273 e. The van der Waals surface area contributed by atoms with E-state index in [1.54, 1.807) is 43.7 Å². The number of aromatic nitrogens is 1. The third kappa shape index (κ3) is 2.87. The van der Waals surface area contributed by atoms with E-state index in [0.29, 0.717) is 5.69 Å². The van der Waals surface area contributed by atoms with Gasteiger partial charge < -0.3 is 0 Å². The fourth-order valence-electron chi connectivity index (χ4n) is 1.58. The number of hydrogen-bond donors (Lipinski definition) is 0. The molecule has 0 saturated carbocycles. The minimum Gasteiger partial charge on any atom is -0.273 e. The van der Waals surface area contributed by atoms with Crippen molar-refractivity contribution < 1.29 is 8.42 Å². The quantitative estimate of drug-likeness (QED) is 0.847. The van der Waals surface area contributed by atoms with E-state index < -0.39 is 10.0 Å². The Kier molecular flexibility index (Phi) is 3.62. The maximum atomic E-state index is 12.2. The molecule has 4 nitrogen and oxygen atoms in total. The number of para-hydroxylation sites is 1. The Labute approximate surface area is 107 Å². The van der Waals surface area contributed by atoms with Crippen LogP contribution in [0.2, 0.25) is 0 Å². The van der Waals surface area contributed by atoms with Gasteiger partial charge in [-0.25, -0.2) is 8.42 Å². The van der Waals surface area contributed by atoms with Crippen LogP contribution in [-0.4, -0.2) is 20.4 Å². The summed E-state index contributed by atoms with van der Waals surface area (Å²) in [7, 11) is -1.80. The topological polar surface area (TPSA) is 50.3 Å². The van der Waals surface area contributed by atoms with Gasteiger partial charge in [-0.05, 0) is 29.8 Å².